The molecular weight excluding hydrogens is 487 g/mol. The van der Waals surface area contributed by atoms with Gasteiger partial charge in [-0.2, -0.15) is 0 Å². The van der Waals surface area contributed by atoms with Crippen molar-refractivity contribution in [2.45, 2.75) is 31.5 Å². The fourth-order valence-electron chi connectivity index (χ4n) is 4.19. The van der Waals surface area contributed by atoms with Crippen LogP contribution in [0, 0.1) is 5.82 Å². The lowest BCUT2D eigenvalue weighted by Gasteiger charge is -2.22. The number of benzene rings is 3. The Kier molecular flexibility index (Phi) is 10.4. The van der Waals surface area contributed by atoms with Gasteiger partial charge in [0.2, 0.25) is 0 Å². The molecule has 0 aliphatic heterocycles. The van der Waals surface area contributed by atoms with Gasteiger partial charge in [-0.25, -0.2) is 4.39 Å². The minimum absolute atomic E-state index is 0.161. The van der Waals surface area contributed by atoms with Crippen molar-refractivity contribution in [2.24, 2.45) is 0 Å². The van der Waals surface area contributed by atoms with E-state index < -0.39 is 23.9 Å². The van der Waals surface area contributed by atoms with Gasteiger partial charge in [0.25, 0.3) is 0 Å². The lowest BCUT2D eigenvalue weighted by molar-refractivity contribution is -0.146. The lowest BCUT2D eigenvalue weighted by atomic mass is 9.95. The molecule has 0 unspecified atom stereocenters. The van der Waals surface area contributed by atoms with Crippen LogP contribution in [0.1, 0.15) is 16.7 Å². The summed E-state index contributed by atoms with van der Waals surface area (Å²) in [4.78, 5) is 26.2. The molecule has 2 atom stereocenters. The van der Waals surface area contributed by atoms with Crippen LogP contribution >= 0.6 is 0 Å². The van der Waals surface area contributed by atoms with E-state index in [-0.39, 0.29) is 12.4 Å². The highest BCUT2D eigenvalue weighted by Crippen LogP contribution is 2.30. The molecule has 0 fully saturated rings. The molecule has 0 aliphatic rings. The minimum Gasteiger partial charge on any atom is -0.489 e. The van der Waals surface area contributed by atoms with Crippen molar-refractivity contribution in [2.75, 3.05) is 35.4 Å². The summed E-state index contributed by atoms with van der Waals surface area (Å²) in [6, 6.07) is 19.2. The summed E-state index contributed by atoms with van der Waals surface area (Å²) in [5.41, 5.74) is 3.83. The zero-order chi connectivity index (χ0) is 27.7. The molecule has 202 valence electrons. The van der Waals surface area contributed by atoms with Crippen LogP contribution in [0.25, 0.3) is 11.1 Å². The molecule has 38 heavy (non-hydrogen) atoms. The predicted octanol–water partition coefficient (Wildman–Crippen LogP) is 4.02. The molecule has 1 N–H and O–H groups in total. The lowest BCUT2D eigenvalue weighted by Crippen LogP contribution is -2.38. The first-order valence-corrected chi connectivity index (χ1v) is 12.3. The van der Waals surface area contributed by atoms with Crippen molar-refractivity contribution in [1.82, 2.24) is 10.2 Å². The van der Waals surface area contributed by atoms with Gasteiger partial charge < -0.3 is 19.5 Å². The highest BCUT2D eigenvalue weighted by atomic mass is 19.1. The van der Waals surface area contributed by atoms with Gasteiger partial charge in [-0.05, 0) is 73.2 Å². The number of carbonyl (C=O) groups is 2. The second kappa shape index (κ2) is 13.7. The van der Waals surface area contributed by atoms with E-state index in [4.69, 9.17) is 14.2 Å². The number of likely N-dealkylation sites (N-methyl/N-ethyl adjacent to an activating group) is 2. The van der Waals surface area contributed by atoms with Gasteiger partial charge in [0.05, 0.1) is 14.2 Å². The molecule has 0 radical (unpaired) electrons. The van der Waals surface area contributed by atoms with E-state index in [1.54, 1.807) is 38.2 Å². The second-order valence-corrected chi connectivity index (χ2v) is 9.18. The van der Waals surface area contributed by atoms with Gasteiger partial charge in [0.1, 0.15) is 30.3 Å². The van der Waals surface area contributed by atoms with Crippen molar-refractivity contribution in [3.63, 3.8) is 0 Å². The highest BCUT2D eigenvalue weighted by molar-refractivity contribution is 5.77. The van der Waals surface area contributed by atoms with E-state index in [9.17, 15) is 14.0 Å². The van der Waals surface area contributed by atoms with Crippen LogP contribution in [0.15, 0.2) is 66.7 Å². The Bertz CT molecular complexity index is 1230. The van der Waals surface area contributed by atoms with Crippen molar-refractivity contribution < 1.29 is 28.2 Å². The average molecular weight is 523 g/mol. The van der Waals surface area contributed by atoms with Gasteiger partial charge >= 0.3 is 11.9 Å². The fourth-order valence-corrected chi connectivity index (χ4v) is 4.19. The first-order chi connectivity index (χ1) is 18.3. The topological polar surface area (TPSA) is 77.1 Å². The molecule has 0 heterocycles. The molecular formula is C30H35FN2O5. The predicted molar refractivity (Wildman–Crippen MR) is 144 cm³/mol. The number of esters is 2. The summed E-state index contributed by atoms with van der Waals surface area (Å²) in [5, 5.41) is 3.00. The SMILES string of the molecule is CN[C@@H](Cc1cc(-c2ccc(F)c(C[C@@H](C(=O)OC)N(C)C)c2)ccc1OCc1ccccc1)C(=O)OC. The van der Waals surface area contributed by atoms with E-state index in [0.29, 0.717) is 24.3 Å². The maximum absolute atomic E-state index is 14.8. The molecule has 8 heteroatoms. The van der Waals surface area contributed by atoms with Crippen LogP contribution in [0.2, 0.25) is 0 Å². The van der Waals surface area contributed by atoms with Crippen molar-refractivity contribution in [3.05, 3.63) is 89.2 Å². The molecule has 0 spiro atoms. The van der Waals surface area contributed by atoms with Gasteiger partial charge in [0, 0.05) is 12.8 Å². The van der Waals surface area contributed by atoms with E-state index in [2.05, 4.69) is 5.32 Å². The first kappa shape index (κ1) is 28.8. The summed E-state index contributed by atoms with van der Waals surface area (Å²) in [7, 11) is 7.88. The van der Waals surface area contributed by atoms with Crippen LogP contribution < -0.4 is 10.1 Å². The van der Waals surface area contributed by atoms with E-state index >= 15 is 0 Å². The maximum atomic E-state index is 14.8. The zero-order valence-electron chi connectivity index (χ0n) is 22.5. The molecule has 0 aliphatic carbocycles. The van der Waals surface area contributed by atoms with E-state index in [0.717, 1.165) is 22.3 Å². The highest BCUT2D eigenvalue weighted by Gasteiger charge is 2.24. The van der Waals surface area contributed by atoms with Gasteiger partial charge in [0.15, 0.2) is 0 Å². The first-order valence-electron chi connectivity index (χ1n) is 12.3. The molecule has 0 bridgehead atoms. The van der Waals surface area contributed by atoms with Crippen molar-refractivity contribution in [3.8, 4) is 16.9 Å². The fraction of sp³-hybridized carbons (Fsp3) is 0.333. The third kappa shape index (κ3) is 7.40. The van der Waals surface area contributed by atoms with Gasteiger partial charge in [-0.15, -0.1) is 0 Å². The Morgan fingerprint density at radius 2 is 1.50 bits per heavy atom. The summed E-state index contributed by atoms with van der Waals surface area (Å²) < 4.78 is 30.8. The smallest absolute Gasteiger partial charge is 0.323 e. The molecule has 3 aromatic rings. The molecule has 0 saturated heterocycles. The number of nitrogens with zero attached hydrogens (tertiary/aromatic N) is 1. The van der Waals surface area contributed by atoms with Crippen LogP contribution in [-0.2, 0) is 38.5 Å². The van der Waals surface area contributed by atoms with Gasteiger partial charge in [-0.3, -0.25) is 14.5 Å². The summed E-state index contributed by atoms with van der Waals surface area (Å²) in [6.45, 7) is 0.371. The van der Waals surface area contributed by atoms with Crippen molar-refractivity contribution in [1.29, 1.82) is 0 Å². The molecule has 3 rings (SSSR count). The Balaban J connectivity index is 1.96. The number of carbonyl (C=O) groups excluding carboxylic acids is 2. The number of methoxy groups -OCH3 is 2. The average Bonchev–Trinajstić information content (AvgIpc) is 2.94. The monoisotopic (exact) mass is 522 g/mol. The summed E-state index contributed by atoms with van der Waals surface area (Å²) in [6.07, 6.45) is 0.495. The van der Waals surface area contributed by atoms with Crippen LogP contribution in [-0.4, -0.2) is 64.3 Å². The Hall–Kier alpha value is -3.75. The van der Waals surface area contributed by atoms with Gasteiger partial charge in [-0.1, -0.05) is 42.5 Å². The minimum atomic E-state index is -0.620. The third-order valence-electron chi connectivity index (χ3n) is 6.44. The quantitative estimate of drug-likeness (QED) is 0.360. The number of ether oxygens (including phenoxy) is 3. The second-order valence-electron chi connectivity index (χ2n) is 9.18. The Morgan fingerprint density at radius 1 is 0.868 bits per heavy atom. The third-order valence-corrected chi connectivity index (χ3v) is 6.44. The molecule has 0 aromatic heterocycles. The number of hydrogen-bond donors (Lipinski definition) is 1. The standard InChI is InChI=1S/C30H35FN2O5/c1-32-26(29(34)36-4)17-24-16-22(12-14-28(24)38-19-20-9-7-6-8-10-20)21-11-13-25(31)23(15-21)18-27(33(2)3)30(35)37-5/h6-16,26-27,32H,17-19H2,1-5H3/t26-,27-/m0/s1. The summed E-state index contributed by atoms with van der Waals surface area (Å²) >= 11 is 0. The summed E-state index contributed by atoms with van der Waals surface area (Å²) in [5.74, 6) is -0.563. The number of rotatable bonds is 12. The largest absolute Gasteiger partial charge is 0.489 e. The molecule has 3 aromatic carbocycles. The number of halogens is 1. The molecule has 7 nitrogen and oxygen atoms in total. The Labute approximate surface area is 223 Å². The zero-order valence-corrected chi connectivity index (χ0v) is 22.5. The van der Waals surface area contributed by atoms with Crippen LogP contribution in [0.4, 0.5) is 4.39 Å². The molecule has 0 amide bonds. The van der Waals surface area contributed by atoms with Crippen LogP contribution in [0.3, 0.4) is 0 Å². The number of hydrogen-bond acceptors (Lipinski definition) is 7. The normalized spacial score (nSPS) is 12.6. The maximum Gasteiger partial charge on any atom is 0.323 e. The van der Waals surface area contributed by atoms with Crippen LogP contribution in [0.5, 0.6) is 5.75 Å². The van der Waals surface area contributed by atoms with E-state index in [1.165, 1.54) is 20.3 Å². The van der Waals surface area contributed by atoms with Crippen molar-refractivity contribution >= 4 is 11.9 Å². The Morgan fingerprint density at radius 3 is 2.11 bits per heavy atom. The van der Waals surface area contributed by atoms with E-state index in [1.807, 2.05) is 48.5 Å². The number of nitrogens with one attached hydrogen (secondary N) is 1. The molecule has 0 saturated carbocycles.